The molecule has 0 unspecified atom stereocenters. The van der Waals surface area contributed by atoms with Gasteiger partial charge in [-0.25, -0.2) is 9.18 Å². The zero-order valence-electron chi connectivity index (χ0n) is 35.6. The quantitative estimate of drug-likeness (QED) is 0.0526. The Morgan fingerprint density at radius 2 is 1.72 bits per heavy atom. The molecule has 3 aliphatic rings. The van der Waals surface area contributed by atoms with E-state index in [1.807, 2.05) is 63.4 Å². The molecule has 1 amide bonds. The number of thioether (sulfide) groups is 1. The van der Waals surface area contributed by atoms with Crippen molar-refractivity contribution in [2.45, 2.75) is 107 Å². The second-order valence-corrected chi connectivity index (χ2v) is 17.6. The van der Waals surface area contributed by atoms with Crippen molar-refractivity contribution < 1.29 is 43.2 Å². The van der Waals surface area contributed by atoms with Gasteiger partial charge in [-0.3, -0.25) is 4.90 Å². The molecule has 0 radical (unpaired) electrons. The van der Waals surface area contributed by atoms with Crippen molar-refractivity contribution >= 4 is 23.6 Å². The first-order valence-corrected chi connectivity index (χ1v) is 22.4. The number of rotatable bonds is 19. The smallest absolute Gasteiger partial charge is 0.410 e. The molecule has 0 aromatic heterocycles. The van der Waals surface area contributed by atoms with E-state index in [1.165, 1.54) is 12.1 Å². The van der Waals surface area contributed by atoms with E-state index in [0.717, 1.165) is 41.7 Å². The highest BCUT2D eigenvalue weighted by atomic mass is 32.2. The van der Waals surface area contributed by atoms with Crippen LogP contribution in [0, 0.1) is 23.6 Å². The third-order valence-electron chi connectivity index (χ3n) is 11.5. The van der Waals surface area contributed by atoms with Gasteiger partial charge in [0.1, 0.15) is 34.7 Å². The molecule has 1 heterocycles. The predicted molar refractivity (Wildman–Crippen MR) is 233 cm³/mol. The number of halogens is 1. The van der Waals surface area contributed by atoms with Gasteiger partial charge >= 0.3 is 6.09 Å². The molecule has 0 spiro atoms. The van der Waals surface area contributed by atoms with Crippen molar-refractivity contribution in [3.63, 3.8) is 0 Å². The van der Waals surface area contributed by atoms with Gasteiger partial charge in [0.15, 0.2) is 0 Å². The lowest BCUT2D eigenvalue weighted by Crippen LogP contribution is -2.70. The summed E-state index contributed by atoms with van der Waals surface area (Å²) in [7, 11) is 0. The fourth-order valence-corrected chi connectivity index (χ4v) is 9.39. The molecule has 12 heteroatoms. The SMILES string of the molecule is C=CCO[C@@]12Oc3ccc(Oc4ccc(SC)cc4)cc3[C@H]3[C@H](CCCCO)[C@@H](CCCCO)C=C(C(=NOC(C)(C)C)C[C@@H]1N(Cc1ccc(F)cc1)C(=O)OCC)[C@H]32. The number of carbonyl (C=O) groups is 1. The first-order valence-electron chi connectivity index (χ1n) is 21.2. The molecule has 3 aromatic rings. The first-order chi connectivity index (χ1) is 28.9. The number of oxime groups is 1. The van der Waals surface area contributed by atoms with Gasteiger partial charge in [0, 0.05) is 42.6 Å². The van der Waals surface area contributed by atoms with E-state index in [0.29, 0.717) is 41.4 Å². The highest BCUT2D eigenvalue weighted by Gasteiger charge is 2.65. The summed E-state index contributed by atoms with van der Waals surface area (Å²) in [4.78, 5) is 23.4. The normalized spacial score (nSPS) is 23.8. The Labute approximate surface area is 358 Å². The van der Waals surface area contributed by atoms with Crippen molar-refractivity contribution in [1.82, 2.24) is 4.90 Å². The molecule has 60 heavy (non-hydrogen) atoms. The number of nitrogens with zero attached hydrogens (tertiary/aromatic N) is 2. The number of amides is 1. The number of unbranched alkanes of at least 4 members (excludes halogenated alkanes) is 2. The van der Waals surface area contributed by atoms with Crippen LogP contribution in [0.15, 0.2) is 101 Å². The van der Waals surface area contributed by atoms with E-state index < -0.39 is 29.4 Å². The van der Waals surface area contributed by atoms with Crippen molar-refractivity contribution in [3.05, 3.63) is 108 Å². The van der Waals surface area contributed by atoms with Crippen LogP contribution in [0.1, 0.15) is 89.7 Å². The zero-order chi connectivity index (χ0) is 42.9. The number of aliphatic hydroxyl groups excluding tert-OH is 2. The van der Waals surface area contributed by atoms with Crippen molar-refractivity contribution in [1.29, 1.82) is 0 Å². The Morgan fingerprint density at radius 1 is 1.02 bits per heavy atom. The van der Waals surface area contributed by atoms with Crippen LogP contribution in [0.3, 0.4) is 0 Å². The lowest BCUT2D eigenvalue weighted by atomic mass is 9.55. The standard InChI is InChI=1S/C48H61FN2O8S/c1-7-27-56-48-43(51(46(54)55-8-2)31-32-15-17-34(49)18-16-32)30-41(50-59-47(3,4)5)39-28-33(13-9-11-25-52)38(14-10-12-26-53)44(45(39)48)40-29-36(21-24-42(40)58-48)57-35-19-22-37(60-6)23-20-35/h7,15-24,28-29,33,38,43-45,52-53H,1,8-14,25-27,30-31H2,2-6H3/t33-,38+,43-,44+,45+,48+/m0/s1. The minimum absolute atomic E-state index is 0.0335. The molecule has 1 aliphatic heterocycles. The lowest BCUT2D eigenvalue weighted by molar-refractivity contribution is -0.256. The largest absolute Gasteiger partial charge is 0.459 e. The summed E-state index contributed by atoms with van der Waals surface area (Å²) >= 11 is 1.66. The van der Waals surface area contributed by atoms with E-state index in [9.17, 15) is 19.4 Å². The molecule has 6 rings (SSSR count). The maximum Gasteiger partial charge on any atom is 0.410 e. The molecule has 324 valence electrons. The van der Waals surface area contributed by atoms with E-state index in [-0.39, 0.29) is 63.0 Å². The summed E-state index contributed by atoms with van der Waals surface area (Å²) < 4.78 is 40.9. The summed E-state index contributed by atoms with van der Waals surface area (Å²) in [6.07, 6.45) is 10.2. The molecule has 0 bridgehead atoms. The van der Waals surface area contributed by atoms with Crippen LogP contribution in [-0.4, -0.2) is 77.0 Å². The fourth-order valence-electron chi connectivity index (χ4n) is 8.98. The molecule has 0 saturated heterocycles. The second kappa shape index (κ2) is 20.5. The maximum absolute atomic E-state index is 14.4. The Morgan fingerprint density at radius 3 is 2.37 bits per heavy atom. The Hall–Kier alpha value is -4.36. The third-order valence-corrected chi connectivity index (χ3v) is 12.3. The summed E-state index contributed by atoms with van der Waals surface area (Å²) in [5.41, 5.74) is 2.62. The van der Waals surface area contributed by atoms with E-state index >= 15 is 0 Å². The third kappa shape index (κ3) is 10.4. The van der Waals surface area contributed by atoms with Crippen LogP contribution in [-0.2, 0) is 20.9 Å². The summed E-state index contributed by atoms with van der Waals surface area (Å²) in [6, 6.07) is 19.1. The monoisotopic (exact) mass is 844 g/mol. The highest BCUT2D eigenvalue weighted by molar-refractivity contribution is 7.98. The van der Waals surface area contributed by atoms with Gasteiger partial charge in [0.25, 0.3) is 0 Å². The summed E-state index contributed by atoms with van der Waals surface area (Å²) in [6.45, 7) is 12.1. The molecule has 6 atom stereocenters. The summed E-state index contributed by atoms with van der Waals surface area (Å²) in [5.74, 6) is -0.555. The number of allylic oxidation sites excluding steroid dienone is 1. The lowest BCUT2D eigenvalue weighted by Gasteiger charge is -2.60. The van der Waals surface area contributed by atoms with Crippen molar-refractivity contribution in [2.75, 3.05) is 32.7 Å². The summed E-state index contributed by atoms with van der Waals surface area (Å²) in [5, 5.41) is 24.8. The van der Waals surface area contributed by atoms with E-state index in [4.69, 9.17) is 28.9 Å². The van der Waals surface area contributed by atoms with E-state index in [2.05, 4.69) is 18.7 Å². The van der Waals surface area contributed by atoms with Gasteiger partial charge in [0.2, 0.25) is 5.79 Å². The first kappa shape index (κ1) is 45.2. The number of hydrogen-bond donors (Lipinski definition) is 2. The number of ether oxygens (including phenoxy) is 4. The average Bonchev–Trinajstić information content (AvgIpc) is 3.23. The zero-order valence-corrected chi connectivity index (χ0v) is 36.4. The number of fused-ring (bicyclic) bond motifs is 2. The van der Waals surface area contributed by atoms with Crippen LogP contribution in [0.5, 0.6) is 17.2 Å². The Balaban J connectivity index is 1.61. The molecule has 10 nitrogen and oxygen atoms in total. The molecule has 1 fully saturated rings. The van der Waals surface area contributed by atoms with Crippen LogP contribution in [0.4, 0.5) is 9.18 Å². The fraction of sp³-hybridized carbons (Fsp3) is 0.500. The van der Waals surface area contributed by atoms with Gasteiger partial charge in [0.05, 0.1) is 24.8 Å². The van der Waals surface area contributed by atoms with Crippen molar-refractivity contribution in [3.8, 4) is 17.2 Å². The highest BCUT2D eigenvalue weighted by Crippen LogP contribution is 2.62. The number of hydrogen-bond acceptors (Lipinski definition) is 10. The average molecular weight is 845 g/mol. The van der Waals surface area contributed by atoms with Gasteiger partial charge in [-0.2, -0.15) is 0 Å². The van der Waals surface area contributed by atoms with Gasteiger partial charge < -0.3 is 34.0 Å². The predicted octanol–water partition coefficient (Wildman–Crippen LogP) is 10.4. The minimum atomic E-state index is -1.48. The molecule has 2 N–H and O–H groups in total. The number of aliphatic hydroxyl groups is 2. The van der Waals surface area contributed by atoms with Gasteiger partial charge in [-0.05, 0) is 137 Å². The van der Waals surface area contributed by atoms with Gasteiger partial charge in [-0.1, -0.05) is 42.3 Å². The molecule has 2 aliphatic carbocycles. The van der Waals surface area contributed by atoms with Crippen LogP contribution in [0.2, 0.25) is 0 Å². The van der Waals surface area contributed by atoms with Gasteiger partial charge in [-0.15, -0.1) is 18.3 Å². The molecular weight excluding hydrogens is 784 g/mol. The topological polar surface area (TPSA) is 119 Å². The van der Waals surface area contributed by atoms with Crippen LogP contribution in [0.25, 0.3) is 0 Å². The Kier molecular flexibility index (Phi) is 15.4. The number of carbonyl (C=O) groups excluding carboxylic acids is 1. The Bertz CT molecular complexity index is 1970. The van der Waals surface area contributed by atoms with Crippen LogP contribution >= 0.6 is 11.8 Å². The molecule has 1 saturated carbocycles. The molecular formula is C48H61FN2O8S. The minimum Gasteiger partial charge on any atom is -0.459 e. The maximum atomic E-state index is 14.4. The van der Waals surface area contributed by atoms with Crippen LogP contribution < -0.4 is 9.47 Å². The van der Waals surface area contributed by atoms with Crippen molar-refractivity contribution in [2.24, 2.45) is 22.9 Å². The van der Waals surface area contributed by atoms with E-state index in [1.54, 1.807) is 41.8 Å². The number of benzene rings is 3. The molecule has 3 aromatic carbocycles. The second-order valence-electron chi connectivity index (χ2n) is 16.7.